The number of fused-ring (bicyclic) bond motifs is 3. The first-order chi connectivity index (χ1) is 13.0. The minimum Gasteiger partial charge on any atom is -0.307 e. The minimum atomic E-state index is -3.07. The largest absolute Gasteiger partial charge is 0.331 e. The van der Waals surface area contributed by atoms with Gasteiger partial charge < -0.3 is 5.32 Å². The summed E-state index contributed by atoms with van der Waals surface area (Å²) in [5.74, 6) is -0.0862. The fraction of sp³-hybridized carbons (Fsp3) is 0.316. The van der Waals surface area contributed by atoms with Gasteiger partial charge in [-0.15, -0.1) is 11.3 Å². The second kappa shape index (κ2) is 5.90. The molecule has 0 bridgehead atoms. The van der Waals surface area contributed by atoms with E-state index in [0.717, 1.165) is 52.8 Å². The van der Waals surface area contributed by atoms with Crippen molar-refractivity contribution in [1.29, 1.82) is 0 Å². The summed E-state index contributed by atoms with van der Waals surface area (Å²) in [4.78, 5) is 14.0. The fourth-order valence-electron chi connectivity index (χ4n) is 4.35. The van der Waals surface area contributed by atoms with Crippen LogP contribution in [0.2, 0.25) is 0 Å². The molecular weight excluding hydrogens is 385 g/mol. The molecule has 5 rings (SSSR count). The van der Waals surface area contributed by atoms with Gasteiger partial charge in [0.2, 0.25) is 0 Å². The van der Waals surface area contributed by atoms with Gasteiger partial charge in [0.05, 0.1) is 15.5 Å². The number of nitrogens with zero attached hydrogens (tertiary/aromatic N) is 1. The summed E-state index contributed by atoms with van der Waals surface area (Å²) < 4.78 is 34.5. The molecule has 5 nitrogen and oxygen atoms in total. The lowest BCUT2D eigenvalue weighted by atomic mass is 9.98. The molecule has 1 unspecified atom stereocenters. The van der Waals surface area contributed by atoms with Gasteiger partial charge in [-0.1, -0.05) is 6.58 Å². The Morgan fingerprint density at radius 1 is 1.15 bits per heavy atom. The number of amides is 2. The van der Waals surface area contributed by atoms with Gasteiger partial charge in [0, 0.05) is 5.69 Å². The minimum absolute atomic E-state index is 0.0862. The van der Waals surface area contributed by atoms with Crippen LogP contribution < -0.4 is 10.0 Å². The fourth-order valence-corrected chi connectivity index (χ4v) is 7.27. The number of nitrogens with one attached hydrogen (secondary N) is 2. The molecule has 2 heterocycles. The molecule has 0 fully saturated rings. The van der Waals surface area contributed by atoms with Gasteiger partial charge in [-0.05, 0) is 72.2 Å². The standard InChI is InChI=1S/C19H18FN3O2S2/c1-10-18-15(8-9-26-18)27(25,22-10)23-19(24)21-17-13-6-2-4-11(13)16(20)12-5-3-7-14(12)17/h8-9H,1-7H2,(H2,21,22,23,24,25). The van der Waals surface area contributed by atoms with Crippen LogP contribution in [0.1, 0.15) is 40.0 Å². The van der Waals surface area contributed by atoms with E-state index < -0.39 is 15.9 Å². The van der Waals surface area contributed by atoms with Crippen LogP contribution in [0.25, 0.3) is 5.70 Å². The lowest BCUT2D eigenvalue weighted by molar-refractivity contribution is 0.257. The number of thiophene rings is 1. The number of carbonyl (C=O) groups excluding carboxylic acids is 1. The maximum absolute atomic E-state index is 14.8. The molecule has 2 N–H and O–H groups in total. The van der Waals surface area contributed by atoms with Crippen molar-refractivity contribution in [3.63, 3.8) is 0 Å². The van der Waals surface area contributed by atoms with E-state index in [1.54, 1.807) is 6.07 Å². The highest BCUT2D eigenvalue weighted by molar-refractivity contribution is 7.93. The molecule has 1 aromatic heterocycles. The average molecular weight is 404 g/mol. The van der Waals surface area contributed by atoms with Crippen molar-refractivity contribution in [2.24, 2.45) is 4.36 Å². The van der Waals surface area contributed by atoms with Crippen molar-refractivity contribution in [1.82, 2.24) is 4.72 Å². The molecule has 0 spiro atoms. The van der Waals surface area contributed by atoms with E-state index in [0.29, 0.717) is 29.1 Å². The molecule has 2 aliphatic carbocycles. The van der Waals surface area contributed by atoms with E-state index in [1.807, 2.05) is 5.38 Å². The zero-order valence-electron chi connectivity index (χ0n) is 14.6. The van der Waals surface area contributed by atoms with Crippen LogP contribution in [0.3, 0.4) is 0 Å². The number of halogens is 1. The number of benzene rings is 1. The lowest BCUT2D eigenvalue weighted by Gasteiger charge is -2.18. The summed E-state index contributed by atoms with van der Waals surface area (Å²) in [6.45, 7) is 3.81. The Morgan fingerprint density at radius 2 is 1.78 bits per heavy atom. The van der Waals surface area contributed by atoms with Gasteiger partial charge in [-0.25, -0.2) is 18.1 Å². The monoisotopic (exact) mass is 403 g/mol. The van der Waals surface area contributed by atoms with Crippen LogP contribution in [0, 0.1) is 5.82 Å². The first kappa shape index (κ1) is 16.9. The van der Waals surface area contributed by atoms with Crippen LogP contribution in [0.15, 0.2) is 27.3 Å². The summed E-state index contributed by atoms with van der Waals surface area (Å²) in [6.07, 6.45) is 4.68. The summed E-state index contributed by atoms with van der Waals surface area (Å²) in [7, 11) is -3.07. The van der Waals surface area contributed by atoms with E-state index in [1.165, 1.54) is 11.3 Å². The van der Waals surface area contributed by atoms with Gasteiger partial charge in [0.25, 0.3) is 0 Å². The normalized spacial score (nSPS) is 22.2. The second-order valence-corrected chi connectivity index (χ2v) is 9.84. The van der Waals surface area contributed by atoms with E-state index in [-0.39, 0.29) is 5.82 Å². The van der Waals surface area contributed by atoms with Gasteiger partial charge >= 0.3 is 6.03 Å². The van der Waals surface area contributed by atoms with Crippen molar-refractivity contribution >= 4 is 38.7 Å². The molecule has 1 atom stereocenters. The lowest BCUT2D eigenvalue weighted by Crippen LogP contribution is -2.34. The molecule has 0 saturated heterocycles. The Morgan fingerprint density at radius 3 is 2.44 bits per heavy atom. The molecule has 8 heteroatoms. The number of anilines is 1. The highest BCUT2D eigenvalue weighted by Gasteiger charge is 2.32. The van der Waals surface area contributed by atoms with Gasteiger partial charge in [-0.3, -0.25) is 0 Å². The molecule has 0 radical (unpaired) electrons. The smallest absolute Gasteiger partial charge is 0.307 e. The number of carbonyl (C=O) groups is 1. The third-order valence-electron chi connectivity index (χ3n) is 5.47. The Labute approximate surface area is 161 Å². The van der Waals surface area contributed by atoms with Gasteiger partial charge in [0.15, 0.2) is 9.92 Å². The van der Waals surface area contributed by atoms with Crippen molar-refractivity contribution in [3.05, 3.63) is 51.0 Å². The summed E-state index contributed by atoms with van der Waals surface area (Å²) in [5, 5.41) is 4.69. The predicted molar refractivity (Wildman–Crippen MR) is 105 cm³/mol. The summed E-state index contributed by atoms with van der Waals surface area (Å²) >= 11 is 1.40. The highest BCUT2D eigenvalue weighted by Crippen LogP contribution is 2.41. The molecule has 1 aromatic carbocycles. The molecule has 2 aromatic rings. The zero-order chi connectivity index (χ0) is 18.8. The Hall–Kier alpha value is -2.19. The third kappa shape index (κ3) is 2.46. The van der Waals surface area contributed by atoms with Gasteiger partial charge in [0.1, 0.15) is 5.82 Å². The van der Waals surface area contributed by atoms with Gasteiger partial charge in [-0.2, -0.15) is 4.36 Å². The summed E-state index contributed by atoms with van der Waals surface area (Å²) in [6, 6.07) is 1.13. The van der Waals surface area contributed by atoms with Crippen LogP contribution >= 0.6 is 11.3 Å². The SMILES string of the molecule is C=C1N=S(=O)(NC(=O)Nc2c3c(c(F)c4c2CCC4)CCC3)c2ccsc21. The topological polar surface area (TPSA) is 70.6 Å². The maximum Gasteiger partial charge on any atom is 0.331 e. The molecular formula is C19H18FN3O2S2. The predicted octanol–water partition coefficient (Wildman–Crippen LogP) is 4.41. The Kier molecular flexibility index (Phi) is 3.70. The molecule has 0 saturated carbocycles. The molecule has 140 valence electrons. The number of hydrogen-bond acceptors (Lipinski definition) is 4. The number of hydrogen-bond donors (Lipinski definition) is 2. The summed E-state index contributed by atoms with van der Waals surface area (Å²) in [5.41, 5.74) is 4.38. The van der Waals surface area contributed by atoms with E-state index >= 15 is 0 Å². The van der Waals surface area contributed by atoms with Crippen molar-refractivity contribution < 1.29 is 13.4 Å². The second-order valence-electron chi connectivity index (χ2n) is 7.04. The van der Waals surface area contributed by atoms with Crippen LogP contribution in [-0.4, -0.2) is 10.2 Å². The van der Waals surface area contributed by atoms with Crippen LogP contribution in [0.4, 0.5) is 14.9 Å². The number of urea groups is 1. The van der Waals surface area contributed by atoms with Crippen molar-refractivity contribution in [3.8, 4) is 0 Å². The van der Waals surface area contributed by atoms with Crippen molar-refractivity contribution in [2.75, 3.05) is 5.32 Å². The van der Waals surface area contributed by atoms with Crippen molar-refractivity contribution in [2.45, 2.75) is 43.4 Å². The van der Waals surface area contributed by atoms with Crippen LogP contribution in [0.5, 0.6) is 0 Å². The average Bonchev–Trinajstić information content (AvgIpc) is 3.39. The Bertz CT molecular complexity index is 1110. The molecule has 3 aliphatic rings. The third-order valence-corrected chi connectivity index (χ3v) is 8.44. The highest BCUT2D eigenvalue weighted by atomic mass is 32.2. The van der Waals surface area contributed by atoms with Crippen LogP contribution in [-0.2, 0) is 35.6 Å². The first-order valence-corrected chi connectivity index (χ1v) is 11.3. The maximum atomic E-state index is 14.8. The zero-order valence-corrected chi connectivity index (χ0v) is 16.2. The quantitative estimate of drug-likeness (QED) is 0.780. The molecule has 2 amide bonds. The molecule has 27 heavy (non-hydrogen) atoms. The molecule has 1 aliphatic heterocycles. The van der Waals surface area contributed by atoms with E-state index in [2.05, 4.69) is 21.0 Å². The van der Waals surface area contributed by atoms with E-state index in [9.17, 15) is 13.4 Å². The number of rotatable bonds is 2. The van der Waals surface area contributed by atoms with E-state index in [4.69, 9.17) is 0 Å². The Balaban J connectivity index is 1.49. The first-order valence-electron chi connectivity index (χ1n) is 8.95.